The summed E-state index contributed by atoms with van der Waals surface area (Å²) in [5.41, 5.74) is 2.56. The van der Waals surface area contributed by atoms with E-state index in [2.05, 4.69) is 12.2 Å². The van der Waals surface area contributed by atoms with Crippen molar-refractivity contribution in [2.75, 3.05) is 23.7 Å². The SMILES string of the molecule is CCCCNC(=O)C(CC)N(Cc1ccccc1)C(=O)CCCN(c1ccc(C)cc1)S(C)(=O)=O. The van der Waals surface area contributed by atoms with Crippen LogP contribution in [0.5, 0.6) is 0 Å². The molecule has 0 heterocycles. The summed E-state index contributed by atoms with van der Waals surface area (Å²) in [4.78, 5) is 27.9. The fourth-order valence-corrected chi connectivity index (χ4v) is 4.89. The quantitative estimate of drug-likeness (QED) is 0.392. The first-order valence-electron chi connectivity index (χ1n) is 12.3. The van der Waals surface area contributed by atoms with Gasteiger partial charge in [-0.25, -0.2) is 8.42 Å². The van der Waals surface area contributed by atoms with Crippen molar-refractivity contribution >= 4 is 27.5 Å². The molecule has 0 saturated carbocycles. The second-order valence-corrected chi connectivity index (χ2v) is 10.8. The summed E-state index contributed by atoms with van der Waals surface area (Å²) in [6, 6.07) is 16.3. The van der Waals surface area contributed by atoms with E-state index < -0.39 is 16.1 Å². The van der Waals surface area contributed by atoms with Crippen LogP contribution >= 0.6 is 0 Å². The second-order valence-electron chi connectivity index (χ2n) is 8.85. The molecule has 0 aromatic heterocycles. The Labute approximate surface area is 210 Å². The fourth-order valence-electron chi connectivity index (χ4n) is 3.92. The van der Waals surface area contributed by atoms with Crippen LogP contribution in [0.25, 0.3) is 0 Å². The molecule has 0 bridgehead atoms. The average molecular weight is 502 g/mol. The van der Waals surface area contributed by atoms with E-state index in [9.17, 15) is 18.0 Å². The Morgan fingerprint density at radius 1 is 0.971 bits per heavy atom. The zero-order valence-corrected chi connectivity index (χ0v) is 22.2. The largest absolute Gasteiger partial charge is 0.354 e. The smallest absolute Gasteiger partial charge is 0.242 e. The highest BCUT2D eigenvalue weighted by atomic mass is 32.2. The van der Waals surface area contributed by atoms with E-state index in [-0.39, 0.29) is 24.8 Å². The molecule has 2 aromatic rings. The molecule has 0 aliphatic carbocycles. The lowest BCUT2D eigenvalue weighted by Gasteiger charge is -2.31. The van der Waals surface area contributed by atoms with Crippen LogP contribution in [-0.2, 0) is 26.2 Å². The number of anilines is 1. The highest BCUT2D eigenvalue weighted by Gasteiger charge is 2.28. The molecule has 0 aliphatic heterocycles. The summed E-state index contributed by atoms with van der Waals surface area (Å²) < 4.78 is 26.2. The summed E-state index contributed by atoms with van der Waals surface area (Å²) in [5.74, 6) is -0.314. The molecule has 0 fully saturated rings. The third-order valence-electron chi connectivity index (χ3n) is 5.89. The summed E-state index contributed by atoms with van der Waals surface area (Å²) in [6.45, 7) is 7.00. The van der Waals surface area contributed by atoms with Crippen molar-refractivity contribution in [2.24, 2.45) is 0 Å². The minimum atomic E-state index is -3.50. The first kappa shape index (κ1) is 28.4. The predicted octanol–water partition coefficient (Wildman–Crippen LogP) is 4.26. The standard InChI is InChI=1S/C27H39N3O4S/c1-5-7-19-28-27(32)25(6-2)29(21-23-12-9-8-10-13-23)26(31)14-11-20-30(35(4,33)34)24-17-15-22(3)16-18-24/h8-10,12-13,15-18,25H,5-7,11,14,19-21H2,1-4H3,(H,28,32). The lowest BCUT2D eigenvalue weighted by Crippen LogP contribution is -2.49. The normalized spacial score (nSPS) is 12.1. The van der Waals surface area contributed by atoms with E-state index in [4.69, 9.17) is 0 Å². The number of aryl methyl sites for hydroxylation is 1. The molecular weight excluding hydrogens is 462 g/mol. The average Bonchev–Trinajstić information content (AvgIpc) is 2.82. The van der Waals surface area contributed by atoms with Gasteiger partial charge in [-0.2, -0.15) is 0 Å². The van der Waals surface area contributed by atoms with Gasteiger partial charge in [-0.05, 0) is 43.9 Å². The number of amides is 2. The Morgan fingerprint density at radius 2 is 1.63 bits per heavy atom. The monoisotopic (exact) mass is 501 g/mol. The van der Waals surface area contributed by atoms with Crippen LogP contribution in [0.15, 0.2) is 54.6 Å². The molecule has 0 saturated heterocycles. The minimum absolute atomic E-state index is 0.142. The fraction of sp³-hybridized carbons (Fsp3) is 0.481. The first-order valence-corrected chi connectivity index (χ1v) is 14.2. The van der Waals surface area contributed by atoms with Gasteiger partial charge in [0.05, 0.1) is 11.9 Å². The number of unbranched alkanes of at least 4 members (excludes halogenated alkanes) is 1. The molecule has 2 amide bonds. The summed E-state index contributed by atoms with van der Waals surface area (Å²) in [7, 11) is -3.50. The Bertz CT molecular complexity index is 1040. The number of sulfonamides is 1. The van der Waals surface area contributed by atoms with Gasteiger partial charge >= 0.3 is 0 Å². The number of hydrogen-bond donors (Lipinski definition) is 1. The number of hydrogen-bond acceptors (Lipinski definition) is 4. The summed E-state index contributed by atoms with van der Waals surface area (Å²) in [5, 5.41) is 2.96. The van der Waals surface area contributed by atoms with Crippen LogP contribution < -0.4 is 9.62 Å². The van der Waals surface area contributed by atoms with Gasteiger partial charge in [-0.3, -0.25) is 13.9 Å². The molecule has 1 unspecified atom stereocenters. The predicted molar refractivity (Wildman–Crippen MR) is 142 cm³/mol. The molecule has 1 N–H and O–H groups in total. The maximum absolute atomic E-state index is 13.4. The molecule has 0 spiro atoms. The van der Waals surface area contributed by atoms with Gasteiger partial charge in [0.1, 0.15) is 6.04 Å². The number of benzene rings is 2. The van der Waals surface area contributed by atoms with Crippen molar-refractivity contribution in [1.82, 2.24) is 10.2 Å². The molecule has 0 radical (unpaired) electrons. The van der Waals surface area contributed by atoms with Gasteiger partial charge in [-0.15, -0.1) is 0 Å². The maximum Gasteiger partial charge on any atom is 0.242 e. The van der Waals surface area contributed by atoms with Crippen LogP contribution in [-0.4, -0.2) is 50.5 Å². The molecular formula is C27H39N3O4S. The second kappa shape index (κ2) is 13.9. The van der Waals surface area contributed by atoms with Gasteiger partial charge in [0, 0.05) is 26.1 Å². The van der Waals surface area contributed by atoms with Crippen molar-refractivity contribution in [3.8, 4) is 0 Å². The maximum atomic E-state index is 13.4. The topological polar surface area (TPSA) is 86.8 Å². The number of rotatable bonds is 14. The lowest BCUT2D eigenvalue weighted by atomic mass is 10.1. The number of nitrogens with one attached hydrogen (secondary N) is 1. The van der Waals surface area contributed by atoms with E-state index in [0.717, 1.165) is 24.0 Å². The van der Waals surface area contributed by atoms with Gasteiger partial charge in [0.15, 0.2) is 0 Å². The van der Waals surface area contributed by atoms with Crippen LogP contribution in [0.1, 0.15) is 57.1 Å². The van der Waals surface area contributed by atoms with Crippen molar-refractivity contribution in [1.29, 1.82) is 0 Å². The molecule has 2 aromatic carbocycles. The molecule has 35 heavy (non-hydrogen) atoms. The molecule has 7 nitrogen and oxygen atoms in total. The molecule has 1 atom stereocenters. The van der Waals surface area contributed by atoms with Crippen molar-refractivity contribution in [3.05, 3.63) is 65.7 Å². The molecule has 0 aliphatic rings. The van der Waals surface area contributed by atoms with Gasteiger partial charge < -0.3 is 10.2 Å². The van der Waals surface area contributed by atoms with Crippen molar-refractivity contribution in [3.63, 3.8) is 0 Å². The summed E-state index contributed by atoms with van der Waals surface area (Å²) in [6.07, 6.45) is 4.01. The van der Waals surface area contributed by atoms with Gasteiger partial charge in [0.25, 0.3) is 0 Å². The van der Waals surface area contributed by atoms with Crippen LogP contribution in [0.2, 0.25) is 0 Å². The molecule has 2 rings (SSSR count). The summed E-state index contributed by atoms with van der Waals surface area (Å²) >= 11 is 0. The third-order valence-corrected chi connectivity index (χ3v) is 7.08. The zero-order valence-electron chi connectivity index (χ0n) is 21.4. The highest BCUT2D eigenvalue weighted by Crippen LogP contribution is 2.20. The van der Waals surface area contributed by atoms with E-state index in [1.807, 2.05) is 56.3 Å². The Morgan fingerprint density at radius 3 is 2.20 bits per heavy atom. The lowest BCUT2D eigenvalue weighted by molar-refractivity contribution is -0.141. The van der Waals surface area contributed by atoms with E-state index in [1.54, 1.807) is 17.0 Å². The van der Waals surface area contributed by atoms with E-state index in [1.165, 1.54) is 10.6 Å². The first-order chi connectivity index (χ1) is 16.7. The Kier molecular flexibility index (Phi) is 11.2. The number of carbonyl (C=O) groups excluding carboxylic acids is 2. The molecule has 192 valence electrons. The van der Waals surface area contributed by atoms with Crippen LogP contribution in [0.3, 0.4) is 0 Å². The van der Waals surface area contributed by atoms with Crippen molar-refractivity contribution in [2.45, 2.75) is 65.5 Å². The van der Waals surface area contributed by atoms with Crippen LogP contribution in [0, 0.1) is 6.92 Å². The highest BCUT2D eigenvalue weighted by molar-refractivity contribution is 7.92. The Balaban J connectivity index is 2.15. The third kappa shape index (κ3) is 9.02. The number of carbonyl (C=O) groups is 2. The van der Waals surface area contributed by atoms with Crippen LogP contribution in [0.4, 0.5) is 5.69 Å². The van der Waals surface area contributed by atoms with E-state index >= 15 is 0 Å². The number of nitrogens with zero attached hydrogens (tertiary/aromatic N) is 2. The van der Waals surface area contributed by atoms with Gasteiger partial charge in [0.2, 0.25) is 21.8 Å². The molecule has 8 heteroatoms. The minimum Gasteiger partial charge on any atom is -0.354 e. The Hall–Kier alpha value is -2.87. The zero-order chi connectivity index (χ0) is 25.8. The van der Waals surface area contributed by atoms with Gasteiger partial charge in [-0.1, -0.05) is 68.3 Å². The van der Waals surface area contributed by atoms with E-state index in [0.29, 0.717) is 31.6 Å². The van der Waals surface area contributed by atoms with Crippen molar-refractivity contribution < 1.29 is 18.0 Å².